The molecular weight excluding hydrogens is 244 g/mol. The molecule has 13 heavy (non-hydrogen) atoms. The molecular formula is C7H4BrF2N3. The number of nitrogens with zero attached hydrogens (tertiary/aromatic N) is 2. The smallest absolute Gasteiger partial charge is 0.266 e. The highest BCUT2D eigenvalue weighted by Gasteiger charge is 2.15. The van der Waals surface area contributed by atoms with Crippen LogP contribution in [0.25, 0.3) is 0 Å². The van der Waals surface area contributed by atoms with Crippen molar-refractivity contribution in [1.29, 1.82) is 5.26 Å². The number of nitrogens with two attached hydrogens (primary N) is 1. The predicted molar refractivity (Wildman–Crippen MR) is 46.0 cm³/mol. The molecule has 68 valence electrons. The number of alkyl halides is 2. The van der Waals surface area contributed by atoms with Crippen LogP contribution in [0.4, 0.5) is 14.6 Å². The van der Waals surface area contributed by atoms with Gasteiger partial charge in [0.05, 0.1) is 11.1 Å². The minimum Gasteiger partial charge on any atom is -0.383 e. The second-order valence-corrected chi connectivity index (χ2v) is 2.96. The Morgan fingerprint density at radius 2 is 2.23 bits per heavy atom. The largest absolute Gasteiger partial charge is 0.383 e. The van der Waals surface area contributed by atoms with Gasteiger partial charge in [-0.2, -0.15) is 5.26 Å². The van der Waals surface area contributed by atoms with E-state index < -0.39 is 6.43 Å². The van der Waals surface area contributed by atoms with E-state index >= 15 is 0 Å². The van der Waals surface area contributed by atoms with Crippen LogP contribution in [0.5, 0.6) is 0 Å². The third-order valence-corrected chi connectivity index (χ3v) is 2.02. The minimum absolute atomic E-state index is 0.0287. The number of anilines is 1. The van der Waals surface area contributed by atoms with Gasteiger partial charge in [-0.25, -0.2) is 13.8 Å². The molecule has 0 radical (unpaired) electrons. The zero-order valence-electron chi connectivity index (χ0n) is 6.26. The van der Waals surface area contributed by atoms with E-state index in [1.54, 1.807) is 6.07 Å². The predicted octanol–water partition coefficient (Wildman–Crippen LogP) is 2.24. The first-order valence-corrected chi connectivity index (χ1v) is 3.99. The van der Waals surface area contributed by atoms with E-state index in [2.05, 4.69) is 20.9 Å². The first kappa shape index (κ1) is 9.86. The molecule has 0 saturated heterocycles. The molecule has 0 spiro atoms. The Morgan fingerprint density at radius 3 is 2.69 bits per heavy atom. The van der Waals surface area contributed by atoms with E-state index in [1.165, 1.54) is 0 Å². The van der Waals surface area contributed by atoms with E-state index in [9.17, 15) is 8.78 Å². The minimum atomic E-state index is -2.67. The van der Waals surface area contributed by atoms with Gasteiger partial charge in [-0.05, 0) is 22.0 Å². The lowest BCUT2D eigenvalue weighted by Crippen LogP contribution is -1.99. The van der Waals surface area contributed by atoms with Crippen molar-refractivity contribution in [3.63, 3.8) is 0 Å². The summed E-state index contributed by atoms with van der Waals surface area (Å²) in [6.07, 6.45) is -2.67. The van der Waals surface area contributed by atoms with E-state index in [-0.39, 0.29) is 21.5 Å². The number of nitrogen functional groups attached to an aromatic ring is 1. The lowest BCUT2D eigenvalue weighted by atomic mass is 10.2. The van der Waals surface area contributed by atoms with Crippen molar-refractivity contribution < 1.29 is 8.78 Å². The average Bonchev–Trinajstić information content (AvgIpc) is 2.03. The summed E-state index contributed by atoms with van der Waals surface area (Å²) in [4.78, 5) is 3.56. The van der Waals surface area contributed by atoms with Crippen molar-refractivity contribution in [3.05, 3.63) is 21.8 Å². The molecule has 0 aliphatic rings. The number of hydrogen-bond acceptors (Lipinski definition) is 3. The molecule has 0 saturated carbocycles. The maximum absolute atomic E-state index is 12.3. The highest BCUT2D eigenvalue weighted by molar-refractivity contribution is 9.10. The molecule has 6 heteroatoms. The topological polar surface area (TPSA) is 62.7 Å². The molecule has 0 fully saturated rings. The van der Waals surface area contributed by atoms with Gasteiger partial charge >= 0.3 is 0 Å². The average molecular weight is 248 g/mol. The standard InChI is InChI=1S/C7H4BrF2N3/c8-5-4(6(9)10)1-3(2-11)7(12)13-5/h1,6H,(H2,12,13). The SMILES string of the molecule is N#Cc1cc(C(F)F)c(Br)nc1N. The fourth-order valence-corrected chi connectivity index (χ4v) is 1.24. The van der Waals surface area contributed by atoms with Gasteiger partial charge in [-0.3, -0.25) is 0 Å². The van der Waals surface area contributed by atoms with Crippen molar-refractivity contribution >= 4 is 21.7 Å². The van der Waals surface area contributed by atoms with Crippen molar-refractivity contribution in [2.45, 2.75) is 6.43 Å². The van der Waals surface area contributed by atoms with Crippen LogP contribution in [-0.2, 0) is 0 Å². The maximum Gasteiger partial charge on any atom is 0.266 e. The van der Waals surface area contributed by atoms with Crippen LogP contribution in [0.3, 0.4) is 0 Å². The van der Waals surface area contributed by atoms with Gasteiger partial charge in [0, 0.05) is 0 Å². The first-order chi connectivity index (χ1) is 6.06. The molecule has 1 aromatic rings. The van der Waals surface area contributed by atoms with Gasteiger partial charge in [-0.15, -0.1) is 0 Å². The number of aromatic nitrogens is 1. The summed E-state index contributed by atoms with van der Waals surface area (Å²) in [6.45, 7) is 0. The number of hydrogen-bond donors (Lipinski definition) is 1. The molecule has 0 atom stereocenters. The Kier molecular flexibility index (Phi) is 2.78. The van der Waals surface area contributed by atoms with Crippen LogP contribution in [-0.4, -0.2) is 4.98 Å². The summed E-state index contributed by atoms with van der Waals surface area (Å²) in [5.74, 6) is -0.0567. The molecule has 2 N–H and O–H groups in total. The lowest BCUT2D eigenvalue weighted by Gasteiger charge is -2.04. The fourth-order valence-electron chi connectivity index (χ4n) is 0.762. The van der Waals surface area contributed by atoms with Crippen molar-refractivity contribution in [1.82, 2.24) is 4.98 Å². The fraction of sp³-hybridized carbons (Fsp3) is 0.143. The normalized spacial score (nSPS) is 10.1. The second-order valence-electron chi connectivity index (χ2n) is 2.21. The lowest BCUT2D eigenvalue weighted by molar-refractivity contribution is 0.150. The van der Waals surface area contributed by atoms with Gasteiger partial charge in [0.25, 0.3) is 6.43 Å². The molecule has 0 aromatic carbocycles. The number of halogens is 3. The molecule has 1 aromatic heterocycles. The molecule has 1 heterocycles. The number of nitriles is 1. The highest BCUT2D eigenvalue weighted by atomic mass is 79.9. The summed E-state index contributed by atoms with van der Waals surface area (Å²) in [7, 11) is 0. The summed E-state index contributed by atoms with van der Waals surface area (Å²) in [6, 6.07) is 2.70. The maximum atomic E-state index is 12.3. The number of rotatable bonds is 1. The molecule has 1 rings (SSSR count). The Balaban J connectivity index is 3.33. The third kappa shape index (κ3) is 1.92. The zero-order valence-corrected chi connectivity index (χ0v) is 7.85. The first-order valence-electron chi connectivity index (χ1n) is 3.20. The van der Waals surface area contributed by atoms with Crippen molar-refractivity contribution in [2.24, 2.45) is 0 Å². The molecule has 0 amide bonds. The Bertz CT molecular complexity index is 373. The molecule has 0 aliphatic carbocycles. The summed E-state index contributed by atoms with van der Waals surface area (Å²) in [5, 5.41) is 8.49. The van der Waals surface area contributed by atoms with E-state index in [0.717, 1.165) is 6.07 Å². The third-order valence-electron chi connectivity index (χ3n) is 1.39. The quantitative estimate of drug-likeness (QED) is 0.775. The van der Waals surface area contributed by atoms with Crippen LogP contribution < -0.4 is 5.73 Å². The summed E-state index contributed by atoms with van der Waals surface area (Å²) < 4.78 is 24.5. The van der Waals surface area contributed by atoms with Crippen LogP contribution in [0.2, 0.25) is 0 Å². The Hall–Kier alpha value is -1.22. The Morgan fingerprint density at radius 1 is 1.62 bits per heavy atom. The molecule has 0 bridgehead atoms. The number of pyridine rings is 1. The van der Waals surface area contributed by atoms with Gasteiger partial charge in [0.2, 0.25) is 0 Å². The van der Waals surface area contributed by atoms with E-state index in [0.29, 0.717) is 0 Å². The van der Waals surface area contributed by atoms with E-state index in [4.69, 9.17) is 11.0 Å². The van der Waals surface area contributed by atoms with E-state index in [1.807, 2.05) is 0 Å². The molecule has 3 nitrogen and oxygen atoms in total. The van der Waals surface area contributed by atoms with Gasteiger partial charge in [-0.1, -0.05) is 0 Å². The Labute approximate surface area is 81.3 Å². The zero-order chi connectivity index (χ0) is 10.0. The summed E-state index contributed by atoms with van der Waals surface area (Å²) in [5.41, 5.74) is 4.92. The summed E-state index contributed by atoms with van der Waals surface area (Å²) >= 11 is 2.83. The van der Waals surface area contributed by atoms with Crippen molar-refractivity contribution in [2.75, 3.05) is 5.73 Å². The highest BCUT2D eigenvalue weighted by Crippen LogP contribution is 2.28. The van der Waals surface area contributed by atoms with Crippen LogP contribution >= 0.6 is 15.9 Å². The second kappa shape index (κ2) is 3.66. The van der Waals surface area contributed by atoms with Gasteiger partial charge in [0.15, 0.2) is 0 Å². The van der Waals surface area contributed by atoms with Gasteiger partial charge < -0.3 is 5.73 Å². The van der Waals surface area contributed by atoms with Crippen molar-refractivity contribution in [3.8, 4) is 6.07 Å². The molecule has 0 unspecified atom stereocenters. The van der Waals surface area contributed by atoms with Crippen LogP contribution in [0, 0.1) is 11.3 Å². The van der Waals surface area contributed by atoms with Crippen LogP contribution in [0.15, 0.2) is 10.7 Å². The molecule has 0 aliphatic heterocycles. The van der Waals surface area contributed by atoms with Gasteiger partial charge in [0.1, 0.15) is 16.5 Å². The monoisotopic (exact) mass is 247 g/mol. The van der Waals surface area contributed by atoms with Crippen LogP contribution in [0.1, 0.15) is 17.6 Å².